The van der Waals surface area contributed by atoms with Crippen molar-refractivity contribution >= 4 is 17.5 Å². The van der Waals surface area contributed by atoms with E-state index in [-0.39, 0.29) is 24.0 Å². The summed E-state index contributed by atoms with van der Waals surface area (Å²) in [5, 5.41) is 0.737. The fourth-order valence-electron chi connectivity index (χ4n) is 3.26. The summed E-state index contributed by atoms with van der Waals surface area (Å²) in [7, 11) is 0. The third-order valence-electron chi connectivity index (χ3n) is 4.72. The van der Waals surface area contributed by atoms with E-state index in [1.807, 2.05) is 24.3 Å². The highest BCUT2D eigenvalue weighted by Gasteiger charge is 2.24. The standard InChI is InChI=1S/C21H23ClF2N2O3/c1-2-28-19-13-15(7-8-18(19)29-21(23)24)20(27)26-11-9-25(10-12-26)14-16-5-3-4-6-17(16)22/h3-8,13,21H,2,9-12,14H2,1H3. The lowest BCUT2D eigenvalue weighted by Crippen LogP contribution is -2.48. The van der Waals surface area contributed by atoms with Crippen LogP contribution in [0.1, 0.15) is 22.8 Å². The number of ether oxygens (including phenoxy) is 2. The summed E-state index contributed by atoms with van der Waals surface area (Å²) < 4.78 is 34.9. The number of halogens is 3. The highest BCUT2D eigenvalue weighted by atomic mass is 35.5. The predicted molar refractivity (Wildman–Crippen MR) is 107 cm³/mol. The average molecular weight is 425 g/mol. The molecule has 1 amide bonds. The van der Waals surface area contributed by atoms with Crippen LogP contribution in [-0.4, -0.2) is 55.1 Å². The highest BCUT2D eigenvalue weighted by molar-refractivity contribution is 6.31. The van der Waals surface area contributed by atoms with Gasteiger partial charge in [0.25, 0.3) is 5.91 Å². The van der Waals surface area contributed by atoms with E-state index in [4.69, 9.17) is 16.3 Å². The van der Waals surface area contributed by atoms with Gasteiger partial charge in [-0.3, -0.25) is 9.69 Å². The molecular formula is C21H23ClF2N2O3. The quantitative estimate of drug-likeness (QED) is 0.664. The first-order valence-electron chi connectivity index (χ1n) is 9.44. The molecule has 2 aromatic carbocycles. The molecule has 0 unspecified atom stereocenters. The Bertz CT molecular complexity index is 842. The van der Waals surface area contributed by atoms with Crippen LogP contribution in [0.25, 0.3) is 0 Å². The topological polar surface area (TPSA) is 42.0 Å². The lowest BCUT2D eigenvalue weighted by Gasteiger charge is -2.35. The van der Waals surface area contributed by atoms with Gasteiger partial charge in [0.15, 0.2) is 11.5 Å². The maximum atomic E-state index is 12.9. The van der Waals surface area contributed by atoms with Crippen molar-refractivity contribution in [2.45, 2.75) is 20.1 Å². The fourth-order valence-corrected chi connectivity index (χ4v) is 3.46. The molecule has 0 radical (unpaired) electrons. The monoisotopic (exact) mass is 424 g/mol. The van der Waals surface area contributed by atoms with Gasteiger partial charge in [-0.05, 0) is 36.8 Å². The summed E-state index contributed by atoms with van der Waals surface area (Å²) in [6.45, 7) is 2.38. The number of benzene rings is 2. The minimum atomic E-state index is -2.96. The van der Waals surface area contributed by atoms with Gasteiger partial charge in [-0.15, -0.1) is 0 Å². The van der Waals surface area contributed by atoms with Gasteiger partial charge < -0.3 is 14.4 Å². The summed E-state index contributed by atoms with van der Waals surface area (Å²) in [6.07, 6.45) is 0. The maximum absolute atomic E-state index is 12.9. The van der Waals surface area contributed by atoms with Crippen LogP contribution < -0.4 is 9.47 Å². The highest BCUT2D eigenvalue weighted by Crippen LogP contribution is 2.30. The Balaban J connectivity index is 1.62. The van der Waals surface area contributed by atoms with Crippen molar-refractivity contribution in [3.05, 3.63) is 58.6 Å². The molecule has 0 aliphatic carbocycles. The minimum Gasteiger partial charge on any atom is -0.490 e. The maximum Gasteiger partial charge on any atom is 0.387 e. The molecule has 0 saturated carbocycles. The Morgan fingerprint density at radius 3 is 2.48 bits per heavy atom. The molecule has 1 aliphatic heterocycles. The smallest absolute Gasteiger partial charge is 0.387 e. The van der Waals surface area contributed by atoms with Gasteiger partial charge in [0.1, 0.15) is 0 Å². The first kappa shape index (κ1) is 21.3. The molecule has 5 nitrogen and oxygen atoms in total. The number of piperazine rings is 1. The molecule has 156 valence electrons. The molecule has 0 aromatic heterocycles. The zero-order chi connectivity index (χ0) is 20.8. The molecule has 1 heterocycles. The van der Waals surface area contributed by atoms with E-state index in [2.05, 4.69) is 9.64 Å². The molecule has 0 atom stereocenters. The zero-order valence-corrected chi connectivity index (χ0v) is 16.9. The van der Waals surface area contributed by atoms with Crippen LogP contribution in [0.15, 0.2) is 42.5 Å². The molecule has 8 heteroatoms. The molecule has 0 bridgehead atoms. The van der Waals surface area contributed by atoms with Crippen LogP contribution >= 0.6 is 11.6 Å². The van der Waals surface area contributed by atoms with E-state index in [1.165, 1.54) is 18.2 Å². The van der Waals surface area contributed by atoms with Gasteiger partial charge in [0, 0.05) is 43.3 Å². The number of carbonyl (C=O) groups excluding carboxylic acids is 1. The van der Waals surface area contributed by atoms with Crippen LogP contribution in [0, 0.1) is 0 Å². The fraction of sp³-hybridized carbons (Fsp3) is 0.381. The molecule has 1 fully saturated rings. The Morgan fingerprint density at radius 1 is 1.10 bits per heavy atom. The van der Waals surface area contributed by atoms with Gasteiger partial charge in [0.2, 0.25) is 0 Å². The Labute approximate surface area is 173 Å². The van der Waals surface area contributed by atoms with Crippen LogP contribution in [0.5, 0.6) is 11.5 Å². The van der Waals surface area contributed by atoms with Crippen LogP contribution in [-0.2, 0) is 6.54 Å². The summed E-state index contributed by atoms with van der Waals surface area (Å²) >= 11 is 6.23. The molecule has 1 saturated heterocycles. The van der Waals surface area contributed by atoms with Gasteiger partial charge >= 0.3 is 6.61 Å². The molecular weight excluding hydrogens is 402 g/mol. The molecule has 3 rings (SSSR count). The summed E-state index contributed by atoms with van der Waals surface area (Å²) in [6, 6.07) is 12.0. The lowest BCUT2D eigenvalue weighted by molar-refractivity contribution is -0.0514. The van der Waals surface area contributed by atoms with Crippen LogP contribution in [0.3, 0.4) is 0 Å². The number of amides is 1. The van der Waals surface area contributed by atoms with Gasteiger partial charge in [0.05, 0.1) is 6.61 Å². The van der Waals surface area contributed by atoms with E-state index < -0.39 is 6.61 Å². The summed E-state index contributed by atoms with van der Waals surface area (Å²) in [4.78, 5) is 16.8. The summed E-state index contributed by atoms with van der Waals surface area (Å²) in [5.41, 5.74) is 1.44. The van der Waals surface area contributed by atoms with Crippen LogP contribution in [0.2, 0.25) is 5.02 Å². The Kier molecular flexibility index (Phi) is 7.28. The number of carbonyl (C=O) groups is 1. The van der Waals surface area contributed by atoms with Crippen molar-refractivity contribution in [3.8, 4) is 11.5 Å². The molecule has 1 aliphatic rings. The van der Waals surface area contributed by atoms with Crippen molar-refractivity contribution in [3.63, 3.8) is 0 Å². The third kappa shape index (κ3) is 5.58. The normalized spacial score (nSPS) is 14.9. The summed E-state index contributed by atoms with van der Waals surface area (Å²) in [5.74, 6) is -0.106. The third-order valence-corrected chi connectivity index (χ3v) is 5.09. The van der Waals surface area contributed by atoms with E-state index in [9.17, 15) is 13.6 Å². The second kappa shape index (κ2) is 9.89. The van der Waals surface area contributed by atoms with Crippen LogP contribution in [0.4, 0.5) is 8.78 Å². The first-order valence-corrected chi connectivity index (χ1v) is 9.82. The number of alkyl halides is 2. The van der Waals surface area contributed by atoms with Crippen molar-refractivity contribution < 1.29 is 23.0 Å². The lowest BCUT2D eigenvalue weighted by atomic mass is 10.1. The second-order valence-electron chi connectivity index (χ2n) is 6.63. The largest absolute Gasteiger partial charge is 0.490 e. The zero-order valence-electron chi connectivity index (χ0n) is 16.1. The minimum absolute atomic E-state index is 0.0806. The number of hydrogen-bond acceptors (Lipinski definition) is 4. The number of rotatable bonds is 7. The van der Waals surface area contributed by atoms with Gasteiger partial charge in [-0.25, -0.2) is 0 Å². The Morgan fingerprint density at radius 2 is 1.83 bits per heavy atom. The van der Waals surface area contributed by atoms with E-state index in [0.717, 1.165) is 30.2 Å². The second-order valence-corrected chi connectivity index (χ2v) is 7.04. The van der Waals surface area contributed by atoms with Crippen molar-refractivity contribution in [1.82, 2.24) is 9.80 Å². The van der Waals surface area contributed by atoms with Gasteiger partial charge in [-0.2, -0.15) is 8.78 Å². The first-order chi connectivity index (χ1) is 14.0. The van der Waals surface area contributed by atoms with Crippen molar-refractivity contribution in [1.29, 1.82) is 0 Å². The Hall–Kier alpha value is -2.38. The van der Waals surface area contributed by atoms with Gasteiger partial charge in [-0.1, -0.05) is 29.8 Å². The molecule has 0 N–H and O–H groups in total. The molecule has 0 spiro atoms. The number of hydrogen-bond donors (Lipinski definition) is 0. The van der Waals surface area contributed by atoms with Crippen molar-refractivity contribution in [2.24, 2.45) is 0 Å². The molecule has 2 aromatic rings. The SMILES string of the molecule is CCOc1cc(C(=O)N2CCN(Cc3ccccc3Cl)CC2)ccc1OC(F)F. The molecule has 29 heavy (non-hydrogen) atoms. The average Bonchev–Trinajstić information content (AvgIpc) is 2.71. The number of nitrogens with zero attached hydrogens (tertiary/aromatic N) is 2. The van der Waals surface area contributed by atoms with Crippen molar-refractivity contribution in [2.75, 3.05) is 32.8 Å². The van der Waals surface area contributed by atoms with E-state index in [0.29, 0.717) is 18.7 Å². The van der Waals surface area contributed by atoms with E-state index >= 15 is 0 Å². The predicted octanol–water partition coefficient (Wildman–Crippen LogP) is 4.30. The van der Waals surface area contributed by atoms with E-state index in [1.54, 1.807) is 11.8 Å².